The fourth-order valence-corrected chi connectivity index (χ4v) is 9.00. The zero-order chi connectivity index (χ0) is 25.9. The topological polar surface area (TPSA) is 131 Å². The van der Waals surface area contributed by atoms with Crippen LogP contribution in [0.15, 0.2) is 11.6 Å². The summed E-state index contributed by atoms with van der Waals surface area (Å²) in [5.74, 6) is -0.739. The Bertz CT molecular complexity index is 928. The highest BCUT2D eigenvalue weighted by Crippen LogP contribution is 2.69. The standard InChI is InChI=1S/C28H44O7/c1-13(2)14(3)23-24(35-23)27(6,33)21-7-8-28(34)16-10-17(29)15-9-18(30)19(31)11-25(15,4)22(16)20(32)12-26(21,28)5/h10,13-15,18-24,30-34H,7-9,11-12H2,1-6H3/t14?,15-,18+,19-,20+,21-,22?,23+,24+,25-,26+,27+,28+/m0/s1. The van der Waals surface area contributed by atoms with Crippen molar-refractivity contribution in [2.24, 2.45) is 40.4 Å². The number of ketones is 1. The highest BCUT2D eigenvalue weighted by Gasteiger charge is 2.72. The number of aliphatic hydroxyl groups excluding tert-OH is 3. The number of carbonyl (C=O) groups is 1. The van der Waals surface area contributed by atoms with Crippen molar-refractivity contribution in [3.8, 4) is 0 Å². The van der Waals surface area contributed by atoms with Crippen LogP contribution in [-0.2, 0) is 9.53 Å². The van der Waals surface area contributed by atoms with Gasteiger partial charge in [0.2, 0.25) is 0 Å². The summed E-state index contributed by atoms with van der Waals surface area (Å²) in [5.41, 5.74) is -3.57. The van der Waals surface area contributed by atoms with E-state index >= 15 is 0 Å². The van der Waals surface area contributed by atoms with Crippen LogP contribution in [0.2, 0.25) is 0 Å². The van der Waals surface area contributed by atoms with E-state index in [1.807, 2.05) is 20.8 Å². The van der Waals surface area contributed by atoms with E-state index in [0.717, 1.165) is 0 Å². The molecule has 5 rings (SSSR count). The van der Waals surface area contributed by atoms with Crippen LogP contribution in [-0.4, -0.2) is 73.0 Å². The average Bonchev–Trinajstić information content (AvgIpc) is 3.50. The van der Waals surface area contributed by atoms with Crippen LogP contribution in [0.3, 0.4) is 0 Å². The summed E-state index contributed by atoms with van der Waals surface area (Å²) >= 11 is 0. The molecule has 7 heteroatoms. The molecule has 0 spiro atoms. The number of allylic oxidation sites excluding steroid dienone is 1. The minimum atomic E-state index is -1.34. The van der Waals surface area contributed by atoms with Gasteiger partial charge in [-0.25, -0.2) is 0 Å². The van der Waals surface area contributed by atoms with Crippen LogP contribution in [0.1, 0.15) is 73.6 Å². The molecular weight excluding hydrogens is 448 g/mol. The molecule has 4 fully saturated rings. The van der Waals surface area contributed by atoms with Gasteiger partial charge in [0.15, 0.2) is 5.78 Å². The van der Waals surface area contributed by atoms with Crippen molar-refractivity contribution in [2.75, 3.05) is 0 Å². The molecule has 0 bridgehead atoms. The number of epoxide rings is 1. The molecule has 0 aromatic rings. The summed E-state index contributed by atoms with van der Waals surface area (Å²) in [7, 11) is 0. The Morgan fingerprint density at radius 1 is 1.09 bits per heavy atom. The monoisotopic (exact) mass is 492 g/mol. The van der Waals surface area contributed by atoms with Crippen molar-refractivity contribution >= 4 is 5.78 Å². The van der Waals surface area contributed by atoms with E-state index in [2.05, 4.69) is 20.8 Å². The van der Waals surface area contributed by atoms with Crippen molar-refractivity contribution in [2.45, 2.75) is 115 Å². The van der Waals surface area contributed by atoms with Gasteiger partial charge < -0.3 is 30.3 Å². The first-order chi connectivity index (χ1) is 16.1. The molecule has 2 unspecified atom stereocenters. The SMILES string of the molecule is CC(C)C(C)[C@H]1O[C@H]1[C@](C)(O)[C@H]1CC[C@@]2(O)C3=CC(=O)[C@@H]4C[C@@H](O)[C@@H](O)C[C@]4(C)C3[C@H](O)C[C@]12C. The maximum Gasteiger partial charge on any atom is 0.159 e. The predicted octanol–water partition coefficient (Wildman–Crippen LogP) is 1.97. The fourth-order valence-electron chi connectivity index (χ4n) is 9.00. The normalized spacial score (nSPS) is 53.8. The minimum Gasteiger partial charge on any atom is -0.392 e. The Morgan fingerprint density at radius 3 is 2.37 bits per heavy atom. The average molecular weight is 493 g/mol. The fraction of sp³-hybridized carbons (Fsp3) is 0.893. The molecule has 35 heavy (non-hydrogen) atoms. The van der Waals surface area contributed by atoms with Crippen LogP contribution in [0.5, 0.6) is 0 Å². The van der Waals surface area contributed by atoms with Crippen LogP contribution >= 0.6 is 0 Å². The van der Waals surface area contributed by atoms with Crippen molar-refractivity contribution in [3.05, 3.63) is 11.6 Å². The molecule has 5 aliphatic rings. The maximum atomic E-state index is 13.3. The smallest absolute Gasteiger partial charge is 0.159 e. The molecule has 1 heterocycles. The van der Waals surface area contributed by atoms with Crippen molar-refractivity contribution in [1.82, 2.24) is 0 Å². The molecule has 7 nitrogen and oxygen atoms in total. The van der Waals surface area contributed by atoms with Gasteiger partial charge >= 0.3 is 0 Å². The van der Waals surface area contributed by atoms with E-state index in [-0.39, 0.29) is 36.8 Å². The number of rotatable bonds is 4. The predicted molar refractivity (Wildman–Crippen MR) is 129 cm³/mol. The number of hydrogen-bond acceptors (Lipinski definition) is 7. The molecule has 198 valence electrons. The third-order valence-corrected chi connectivity index (χ3v) is 11.4. The maximum absolute atomic E-state index is 13.3. The molecular formula is C28H44O7. The van der Waals surface area contributed by atoms with Crippen molar-refractivity contribution < 1.29 is 35.1 Å². The summed E-state index contributed by atoms with van der Waals surface area (Å²) < 4.78 is 6.02. The largest absolute Gasteiger partial charge is 0.392 e. The highest BCUT2D eigenvalue weighted by molar-refractivity contribution is 5.95. The van der Waals surface area contributed by atoms with Gasteiger partial charge in [0, 0.05) is 17.3 Å². The number of fused-ring (bicyclic) bond motifs is 5. The Kier molecular flexibility index (Phi) is 5.78. The van der Waals surface area contributed by atoms with Gasteiger partial charge in [0.05, 0.1) is 35.6 Å². The molecule has 0 aromatic heterocycles. The molecule has 0 amide bonds. The molecule has 1 saturated heterocycles. The summed E-state index contributed by atoms with van der Waals surface area (Å²) in [5, 5.41) is 56.5. The lowest BCUT2D eigenvalue weighted by atomic mass is 9.45. The Morgan fingerprint density at radius 2 is 1.74 bits per heavy atom. The van der Waals surface area contributed by atoms with Gasteiger partial charge in [-0.1, -0.05) is 34.6 Å². The second kappa shape index (κ2) is 7.84. The van der Waals surface area contributed by atoms with E-state index in [4.69, 9.17) is 4.74 Å². The Hall–Kier alpha value is -0.830. The van der Waals surface area contributed by atoms with Crippen LogP contribution in [0, 0.1) is 40.4 Å². The van der Waals surface area contributed by atoms with Gasteiger partial charge in [-0.15, -0.1) is 0 Å². The summed E-state index contributed by atoms with van der Waals surface area (Å²) in [6, 6.07) is 0. The molecule has 5 N–H and O–H groups in total. The third kappa shape index (κ3) is 3.34. The Balaban J connectivity index is 1.51. The second-order valence-corrected chi connectivity index (χ2v) is 13.6. The summed E-state index contributed by atoms with van der Waals surface area (Å²) in [6.45, 7) is 12.1. The van der Waals surface area contributed by atoms with E-state index in [0.29, 0.717) is 36.7 Å². The van der Waals surface area contributed by atoms with Gasteiger partial charge in [-0.05, 0) is 73.8 Å². The van der Waals surface area contributed by atoms with Crippen LogP contribution in [0.25, 0.3) is 0 Å². The van der Waals surface area contributed by atoms with Gasteiger partial charge in [-0.3, -0.25) is 4.79 Å². The van der Waals surface area contributed by atoms with E-state index in [1.165, 1.54) is 6.08 Å². The molecule has 0 radical (unpaired) electrons. The number of hydrogen-bond donors (Lipinski definition) is 5. The highest BCUT2D eigenvalue weighted by atomic mass is 16.6. The van der Waals surface area contributed by atoms with Gasteiger partial charge in [0.1, 0.15) is 6.10 Å². The van der Waals surface area contributed by atoms with Crippen LogP contribution < -0.4 is 0 Å². The Labute approximate surface area is 208 Å². The molecule has 0 aromatic carbocycles. The summed E-state index contributed by atoms with van der Waals surface area (Å²) in [6.07, 6.45) is 0.00461. The van der Waals surface area contributed by atoms with Gasteiger partial charge in [0.25, 0.3) is 0 Å². The van der Waals surface area contributed by atoms with Crippen molar-refractivity contribution in [1.29, 1.82) is 0 Å². The first kappa shape index (κ1) is 25.8. The lowest BCUT2D eigenvalue weighted by molar-refractivity contribution is -0.185. The first-order valence-electron chi connectivity index (χ1n) is 13.5. The zero-order valence-corrected chi connectivity index (χ0v) is 21.9. The van der Waals surface area contributed by atoms with Crippen LogP contribution in [0.4, 0.5) is 0 Å². The number of aliphatic hydroxyl groups is 5. The van der Waals surface area contributed by atoms with E-state index in [1.54, 1.807) is 0 Å². The second-order valence-electron chi connectivity index (χ2n) is 13.6. The first-order valence-corrected chi connectivity index (χ1v) is 13.5. The van der Waals surface area contributed by atoms with Gasteiger partial charge in [-0.2, -0.15) is 0 Å². The minimum absolute atomic E-state index is 0.0335. The van der Waals surface area contributed by atoms with E-state index < -0.39 is 52.2 Å². The molecule has 1 aliphatic heterocycles. The lowest BCUT2D eigenvalue weighted by Crippen LogP contribution is -2.66. The number of ether oxygens (including phenoxy) is 1. The quantitative estimate of drug-likeness (QED) is 0.379. The van der Waals surface area contributed by atoms with Crippen molar-refractivity contribution in [3.63, 3.8) is 0 Å². The zero-order valence-electron chi connectivity index (χ0n) is 21.9. The summed E-state index contributed by atoms with van der Waals surface area (Å²) in [4.78, 5) is 13.3. The van der Waals surface area contributed by atoms with E-state index in [9.17, 15) is 30.3 Å². The third-order valence-electron chi connectivity index (χ3n) is 11.4. The molecule has 3 saturated carbocycles. The number of carbonyl (C=O) groups excluding carboxylic acids is 1. The lowest BCUT2D eigenvalue weighted by Gasteiger charge is -2.62. The molecule has 4 aliphatic carbocycles. The molecule has 13 atom stereocenters.